The fraction of sp³-hybridized carbons (Fsp3) is 0.500. The van der Waals surface area contributed by atoms with Crippen LogP contribution in [-0.4, -0.2) is 55.5 Å². The number of carbonyl (C=O) groups is 1. The summed E-state index contributed by atoms with van der Waals surface area (Å²) in [5.41, 5.74) is 1.31. The first-order chi connectivity index (χ1) is 8.74. The SMILES string of the molecule is CNC(=O)c1cc(N2CCOC(CO)C2)ccn1. The summed E-state index contributed by atoms with van der Waals surface area (Å²) in [7, 11) is 1.58. The van der Waals surface area contributed by atoms with Crippen LogP contribution in [0.1, 0.15) is 10.5 Å². The number of amides is 1. The van der Waals surface area contributed by atoms with Crippen LogP contribution in [0.3, 0.4) is 0 Å². The molecule has 0 spiro atoms. The lowest BCUT2D eigenvalue weighted by molar-refractivity contribution is 0.00356. The van der Waals surface area contributed by atoms with Crippen molar-refractivity contribution < 1.29 is 14.6 Å². The van der Waals surface area contributed by atoms with Gasteiger partial charge in [-0.05, 0) is 12.1 Å². The maximum Gasteiger partial charge on any atom is 0.269 e. The summed E-state index contributed by atoms with van der Waals surface area (Å²) >= 11 is 0. The van der Waals surface area contributed by atoms with E-state index < -0.39 is 0 Å². The zero-order valence-electron chi connectivity index (χ0n) is 10.3. The number of aliphatic hydroxyl groups excluding tert-OH is 1. The Labute approximate surface area is 106 Å². The summed E-state index contributed by atoms with van der Waals surface area (Å²) in [6.07, 6.45) is 1.44. The standard InChI is InChI=1S/C12H17N3O3/c1-13-12(17)11-6-9(2-3-14-11)15-4-5-18-10(7-15)8-16/h2-3,6,10,16H,4-5,7-8H2,1H3,(H,13,17). The van der Waals surface area contributed by atoms with Crippen molar-refractivity contribution in [2.24, 2.45) is 0 Å². The molecule has 2 rings (SSSR count). The van der Waals surface area contributed by atoms with Gasteiger partial charge >= 0.3 is 0 Å². The van der Waals surface area contributed by atoms with Gasteiger partial charge in [-0.25, -0.2) is 0 Å². The molecule has 1 unspecified atom stereocenters. The van der Waals surface area contributed by atoms with E-state index in [4.69, 9.17) is 9.84 Å². The van der Waals surface area contributed by atoms with Crippen LogP contribution in [0.5, 0.6) is 0 Å². The summed E-state index contributed by atoms with van der Waals surface area (Å²) in [4.78, 5) is 17.6. The molecule has 0 radical (unpaired) electrons. The Morgan fingerprint density at radius 1 is 1.72 bits per heavy atom. The number of hydrogen-bond donors (Lipinski definition) is 2. The van der Waals surface area contributed by atoms with E-state index in [0.717, 1.165) is 12.2 Å². The molecule has 6 heteroatoms. The number of ether oxygens (including phenoxy) is 1. The number of pyridine rings is 1. The van der Waals surface area contributed by atoms with E-state index in [1.807, 2.05) is 6.07 Å². The molecule has 1 fully saturated rings. The lowest BCUT2D eigenvalue weighted by Crippen LogP contribution is -2.44. The molecule has 1 aliphatic rings. The van der Waals surface area contributed by atoms with Gasteiger partial charge in [0.05, 0.1) is 19.3 Å². The Bertz CT molecular complexity index is 425. The summed E-state index contributed by atoms with van der Waals surface area (Å²) in [6, 6.07) is 3.60. The van der Waals surface area contributed by atoms with Crippen LogP contribution in [0.15, 0.2) is 18.3 Å². The first-order valence-corrected chi connectivity index (χ1v) is 5.90. The lowest BCUT2D eigenvalue weighted by atomic mass is 10.2. The Kier molecular flexibility index (Phi) is 4.11. The average molecular weight is 251 g/mol. The number of nitrogens with one attached hydrogen (secondary N) is 1. The Balaban J connectivity index is 2.15. The smallest absolute Gasteiger partial charge is 0.269 e. The van der Waals surface area contributed by atoms with Gasteiger partial charge in [0.25, 0.3) is 5.91 Å². The molecule has 1 aromatic rings. The molecular formula is C12H17N3O3. The Morgan fingerprint density at radius 3 is 3.28 bits per heavy atom. The number of anilines is 1. The quantitative estimate of drug-likeness (QED) is 0.767. The van der Waals surface area contributed by atoms with Crippen LogP contribution in [0.25, 0.3) is 0 Å². The van der Waals surface area contributed by atoms with Crippen molar-refractivity contribution in [2.75, 3.05) is 38.3 Å². The monoisotopic (exact) mass is 251 g/mol. The van der Waals surface area contributed by atoms with E-state index in [0.29, 0.717) is 18.8 Å². The second-order valence-electron chi connectivity index (χ2n) is 4.10. The summed E-state index contributed by atoms with van der Waals surface area (Å²) in [5.74, 6) is -0.205. The predicted molar refractivity (Wildman–Crippen MR) is 66.7 cm³/mol. The van der Waals surface area contributed by atoms with Gasteiger partial charge in [0.2, 0.25) is 0 Å². The maximum absolute atomic E-state index is 11.5. The highest BCUT2D eigenvalue weighted by molar-refractivity contribution is 5.92. The van der Waals surface area contributed by atoms with E-state index in [1.54, 1.807) is 19.3 Å². The van der Waals surface area contributed by atoms with Gasteiger partial charge in [-0.15, -0.1) is 0 Å². The Morgan fingerprint density at radius 2 is 2.56 bits per heavy atom. The fourth-order valence-corrected chi connectivity index (χ4v) is 1.93. The number of nitrogens with zero attached hydrogens (tertiary/aromatic N) is 2. The second-order valence-corrected chi connectivity index (χ2v) is 4.10. The molecule has 0 aliphatic carbocycles. The van der Waals surface area contributed by atoms with Crippen LogP contribution in [-0.2, 0) is 4.74 Å². The van der Waals surface area contributed by atoms with E-state index in [2.05, 4.69) is 15.2 Å². The molecule has 0 saturated carbocycles. The predicted octanol–water partition coefficient (Wildman–Crippen LogP) is -0.361. The van der Waals surface area contributed by atoms with Crippen molar-refractivity contribution in [1.29, 1.82) is 0 Å². The molecule has 1 atom stereocenters. The highest BCUT2D eigenvalue weighted by Gasteiger charge is 2.20. The van der Waals surface area contributed by atoms with Crippen LogP contribution < -0.4 is 10.2 Å². The third-order valence-corrected chi connectivity index (χ3v) is 2.91. The third-order valence-electron chi connectivity index (χ3n) is 2.91. The summed E-state index contributed by atoms with van der Waals surface area (Å²) in [6.45, 7) is 1.94. The van der Waals surface area contributed by atoms with Gasteiger partial charge in [0, 0.05) is 32.0 Å². The van der Waals surface area contributed by atoms with Crippen LogP contribution >= 0.6 is 0 Å². The van der Waals surface area contributed by atoms with E-state index in [-0.39, 0.29) is 18.6 Å². The lowest BCUT2D eigenvalue weighted by Gasteiger charge is -2.33. The first-order valence-electron chi connectivity index (χ1n) is 5.90. The molecule has 98 valence electrons. The fourth-order valence-electron chi connectivity index (χ4n) is 1.93. The van der Waals surface area contributed by atoms with Crippen molar-refractivity contribution in [3.05, 3.63) is 24.0 Å². The zero-order chi connectivity index (χ0) is 13.0. The number of rotatable bonds is 3. The number of carbonyl (C=O) groups excluding carboxylic acids is 1. The number of aromatic nitrogens is 1. The van der Waals surface area contributed by atoms with E-state index in [9.17, 15) is 4.79 Å². The van der Waals surface area contributed by atoms with Crippen LogP contribution in [0.2, 0.25) is 0 Å². The maximum atomic E-state index is 11.5. The van der Waals surface area contributed by atoms with Crippen molar-refractivity contribution in [1.82, 2.24) is 10.3 Å². The van der Waals surface area contributed by atoms with Gasteiger partial charge in [-0.3, -0.25) is 9.78 Å². The van der Waals surface area contributed by atoms with Crippen molar-refractivity contribution in [2.45, 2.75) is 6.10 Å². The summed E-state index contributed by atoms with van der Waals surface area (Å²) in [5, 5.41) is 11.7. The molecule has 1 saturated heterocycles. The minimum atomic E-state index is -0.205. The van der Waals surface area contributed by atoms with Gasteiger partial charge < -0.3 is 20.1 Å². The van der Waals surface area contributed by atoms with Gasteiger partial charge in [0.15, 0.2) is 0 Å². The first kappa shape index (κ1) is 12.8. The van der Waals surface area contributed by atoms with E-state index >= 15 is 0 Å². The highest BCUT2D eigenvalue weighted by atomic mass is 16.5. The Hall–Kier alpha value is -1.66. The molecule has 6 nitrogen and oxygen atoms in total. The van der Waals surface area contributed by atoms with Gasteiger partial charge in [-0.2, -0.15) is 0 Å². The van der Waals surface area contributed by atoms with Gasteiger partial charge in [-0.1, -0.05) is 0 Å². The van der Waals surface area contributed by atoms with Crippen molar-refractivity contribution in [3.63, 3.8) is 0 Å². The minimum Gasteiger partial charge on any atom is -0.394 e. The molecule has 1 aromatic heterocycles. The molecule has 1 aliphatic heterocycles. The van der Waals surface area contributed by atoms with Crippen molar-refractivity contribution in [3.8, 4) is 0 Å². The highest BCUT2D eigenvalue weighted by Crippen LogP contribution is 2.18. The molecule has 18 heavy (non-hydrogen) atoms. The average Bonchev–Trinajstić information content (AvgIpc) is 2.46. The molecule has 1 amide bonds. The zero-order valence-corrected chi connectivity index (χ0v) is 10.3. The largest absolute Gasteiger partial charge is 0.394 e. The van der Waals surface area contributed by atoms with E-state index in [1.165, 1.54) is 0 Å². The molecule has 2 heterocycles. The normalized spacial score (nSPS) is 19.7. The molecule has 2 N–H and O–H groups in total. The number of aliphatic hydroxyl groups is 1. The third kappa shape index (κ3) is 2.77. The number of morpholine rings is 1. The molecular weight excluding hydrogens is 234 g/mol. The van der Waals surface area contributed by atoms with Crippen LogP contribution in [0.4, 0.5) is 5.69 Å². The minimum absolute atomic E-state index is 0.00386. The second kappa shape index (κ2) is 5.79. The van der Waals surface area contributed by atoms with Crippen LogP contribution in [0, 0.1) is 0 Å². The van der Waals surface area contributed by atoms with Gasteiger partial charge in [0.1, 0.15) is 5.69 Å². The topological polar surface area (TPSA) is 74.7 Å². The molecule has 0 bridgehead atoms. The molecule has 0 aromatic carbocycles. The summed E-state index contributed by atoms with van der Waals surface area (Å²) < 4.78 is 5.39. The van der Waals surface area contributed by atoms with Crippen molar-refractivity contribution >= 4 is 11.6 Å². The number of hydrogen-bond acceptors (Lipinski definition) is 5.